The lowest BCUT2D eigenvalue weighted by molar-refractivity contribution is 0.112. The first-order valence-electron chi connectivity index (χ1n) is 9.68. The number of halogens is 1. The Morgan fingerprint density at radius 3 is 2.85 bits per heavy atom. The molecule has 0 fully saturated rings. The summed E-state index contributed by atoms with van der Waals surface area (Å²) in [6, 6.07) is 15.9. The molecule has 5 heteroatoms. The molecule has 0 amide bonds. The number of fused-ring (bicyclic) bond motifs is 1. The van der Waals surface area contributed by atoms with Crippen LogP contribution in [0.2, 0.25) is 0 Å². The van der Waals surface area contributed by atoms with E-state index in [0.29, 0.717) is 12.8 Å². The van der Waals surface area contributed by atoms with Crippen molar-refractivity contribution in [2.45, 2.75) is 25.3 Å². The van der Waals surface area contributed by atoms with Gasteiger partial charge < -0.3 is 9.64 Å². The van der Waals surface area contributed by atoms with Crippen molar-refractivity contribution in [2.24, 2.45) is 4.99 Å². The van der Waals surface area contributed by atoms with E-state index in [1.54, 1.807) is 12.1 Å². The molecule has 0 saturated carbocycles. The first-order chi connectivity index (χ1) is 13.2. The second-order valence-electron chi connectivity index (χ2n) is 7.32. The third kappa shape index (κ3) is 3.98. The number of benzene rings is 2. The minimum absolute atomic E-state index is 0.0875. The van der Waals surface area contributed by atoms with E-state index in [0.717, 1.165) is 44.5 Å². The van der Waals surface area contributed by atoms with E-state index in [1.165, 1.54) is 17.2 Å². The van der Waals surface area contributed by atoms with E-state index >= 15 is 0 Å². The monoisotopic (exact) mass is 367 g/mol. The molecule has 0 spiro atoms. The molecule has 0 aliphatic carbocycles. The van der Waals surface area contributed by atoms with Crippen LogP contribution >= 0.6 is 0 Å². The van der Waals surface area contributed by atoms with Crippen molar-refractivity contribution in [2.75, 3.05) is 33.4 Å². The Balaban J connectivity index is 1.74. The van der Waals surface area contributed by atoms with E-state index in [4.69, 9.17) is 9.73 Å². The van der Waals surface area contributed by atoms with Crippen LogP contribution in [0.15, 0.2) is 53.5 Å². The summed E-state index contributed by atoms with van der Waals surface area (Å²) in [4.78, 5) is 9.15. The fourth-order valence-corrected chi connectivity index (χ4v) is 3.93. The van der Waals surface area contributed by atoms with Gasteiger partial charge in [0.05, 0.1) is 6.04 Å². The number of hydrogen-bond donors (Lipinski definition) is 0. The van der Waals surface area contributed by atoms with Crippen LogP contribution in [0, 0.1) is 5.82 Å². The fourth-order valence-electron chi connectivity index (χ4n) is 3.93. The molecule has 0 aromatic heterocycles. The summed E-state index contributed by atoms with van der Waals surface area (Å²) in [5, 5.41) is 0. The summed E-state index contributed by atoms with van der Waals surface area (Å²) in [5.74, 6) is -0.215. The van der Waals surface area contributed by atoms with Crippen LogP contribution in [0.4, 0.5) is 4.39 Å². The van der Waals surface area contributed by atoms with Gasteiger partial charge in [0.15, 0.2) is 0 Å². The van der Waals surface area contributed by atoms with Gasteiger partial charge in [-0.25, -0.2) is 9.38 Å². The molecular formula is C22H26FN3O. The molecule has 142 valence electrons. The van der Waals surface area contributed by atoms with Gasteiger partial charge in [0.2, 0.25) is 0 Å². The highest BCUT2D eigenvalue weighted by Crippen LogP contribution is 2.35. The average Bonchev–Trinajstić information content (AvgIpc) is 2.79. The van der Waals surface area contributed by atoms with Gasteiger partial charge >= 0.3 is 0 Å². The van der Waals surface area contributed by atoms with E-state index in [-0.39, 0.29) is 11.9 Å². The number of hydrogen-bond acceptors (Lipinski definition) is 4. The van der Waals surface area contributed by atoms with Gasteiger partial charge in [0.1, 0.15) is 12.5 Å². The maximum absolute atomic E-state index is 14.0. The zero-order valence-corrected chi connectivity index (χ0v) is 15.8. The number of amidine groups is 1. The quantitative estimate of drug-likeness (QED) is 0.767. The van der Waals surface area contributed by atoms with Crippen LogP contribution in [-0.4, -0.2) is 49.2 Å². The number of ether oxygens (including phenoxy) is 1. The smallest absolute Gasteiger partial charge is 0.289 e. The van der Waals surface area contributed by atoms with Crippen molar-refractivity contribution in [1.82, 2.24) is 9.80 Å². The van der Waals surface area contributed by atoms with Gasteiger partial charge in [-0.15, -0.1) is 0 Å². The van der Waals surface area contributed by atoms with E-state index in [9.17, 15) is 4.39 Å². The van der Waals surface area contributed by atoms with Gasteiger partial charge in [-0.3, -0.25) is 4.90 Å². The Kier molecular flexibility index (Phi) is 5.39. The van der Waals surface area contributed by atoms with Crippen LogP contribution in [-0.2, 0) is 11.2 Å². The van der Waals surface area contributed by atoms with Gasteiger partial charge in [0, 0.05) is 19.6 Å². The summed E-state index contributed by atoms with van der Waals surface area (Å²) in [6.07, 6.45) is 3.10. The lowest BCUT2D eigenvalue weighted by atomic mass is 9.88. The lowest BCUT2D eigenvalue weighted by Gasteiger charge is -2.39. The molecule has 0 saturated heterocycles. The molecule has 4 nitrogen and oxygen atoms in total. The fraction of sp³-hybridized carbons (Fsp3) is 0.409. The minimum atomic E-state index is -0.215. The molecule has 0 radical (unpaired) electrons. The van der Waals surface area contributed by atoms with Crippen molar-refractivity contribution in [3.05, 3.63) is 71.0 Å². The van der Waals surface area contributed by atoms with E-state index in [2.05, 4.69) is 35.0 Å². The zero-order valence-electron chi connectivity index (χ0n) is 15.8. The largest absolute Gasteiger partial charge is 0.449 e. The summed E-state index contributed by atoms with van der Waals surface area (Å²) < 4.78 is 20.1. The highest BCUT2D eigenvalue weighted by Gasteiger charge is 2.32. The molecular weight excluding hydrogens is 341 g/mol. The minimum Gasteiger partial charge on any atom is -0.449 e. The number of nitrogens with zero attached hydrogens (tertiary/aromatic N) is 3. The van der Waals surface area contributed by atoms with Gasteiger partial charge in [-0.1, -0.05) is 36.4 Å². The molecule has 2 aliphatic heterocycles. The summed E-state index contributed by atoms with van der Waals surface area (Å²) >= 11 is 0. The predicted molar refractivity (Wildman–Crippen MR) is 105 cm³/mol. The Labute approximate surface area is 160 Å². The molecule has 2 aromatic carbocycles. The molecule has 2 heterocycles. The second-order valence-corrected chi connectivity index (χ2v) is 7.32. The topological polar surface area (TPSA) is 28.1 Å². The third-order valence-electron chi connectivity index (χ3n) is 5.30. The first-order valence-corrected chi connectivity index (χ1v) is 9.68. The molecule has 0 N–H and O–H groups in total. The van der Waals surface area contributed by atoms with Crippen LogP contribution < -0.4 is 0 Å². The highest BCUT2D eigenvalue weighted by atomic mass is 19.1. The highest BCUT2D eigenvalue weighted by molar-refractivity contribution is 5.75. The summed E-state index contributed by atoms with van der Waals surface area (Å²) in [7, 11) is 2.07. The van der Waals surface area contributed by atoms with E-state index in [1.807, 2.05) is 12.1 Å². The molecule has 4 rings (SSSR count). The zero-order chi connectivity index (χ0) is 18.6. The summed E-state index contributed by atoms with van der Waals surface area (Å²) in [6.45, 7) is 3.10. The number of aliphatic imine (C=N–C) groups is 1. The molecule has 2 aliphatic rings. The maximum Gasteiger partial charge on any atom is 0.289 e. The van der Waals surface area contributed by atoms with Crippen molar-refractivity contribution >= 4 is 6.02 Å². The normalized spacial score (nSPS) is 23.3. The third-order valence-corrected chi connectivity index (χ3v) is 5.30. The Morgan fingerprint density at radius 2 is 1.96 bits per heavy atom. The van der Waals surface area contributed by atoms with Crippen LogP contribution in [0.5, 0.6) is 0 Å². The van der Waals surface area contributed by atoms with Crippen molar-refractivity contribution in [3.63, 3.8) is 0 Å². The molecule has 2 aromatic rings. The Morgan fingerprint density at radius 1 is 1.07 bits per heavy atom. The van der Waals surface area contributed by atoms with Gasteiger partial charge in [0.25, 0.3) is 6.02 Å². The van der Waals surface area contributed by atoms with Gasteiger partial charge in [-0.05, 0) is 55.1 Å². The molecule has 0 unspecified atom stereocenters. The summed E-state index contributed by atoms with van der Waals surface area (Å²) in [5.41, 5.74) is 3.44. The second kappa shape index (κ2) is 8.09. The first kappa shape index (κ1) is 18.0. The molecule has 27 heavy (non-hydrogen) atoms. The Hall–Kier alpha value is -2.40. The van der Waals surface area contributed by atoms with Crippen molar-refractivity contribution < 1.29 is 9.13 Å². The lowest BCUT2D eigenvalue weighted by Crippen LogP contribution is -2.43. The molecule has 0 bridgehead atoms. The maximum atomic E-state index is 14.0. The van der Waals surface area contributed by atoms with Crippen LogP contribution in [0.25, 0.3) is 0 Å². The standard InChI is InChI=1S/C22H26FN3O/c1-25-13-5-4-12-24-22(27-16-25)26-14-11-17-7-2-3-10-20(17)21(26)18-8-6-9-19(23)15-18/h2-3,6-10,15,21H,4-5,11-14,16H2,1H3/b24-22-/t21-/m1/s1. The number of rotatable bonds is 1. The van der Waals surface area contributed by atoms with Crippen molar-refractivity contribution in [3.8, 4) is 0 Å². The average molecular weight is 367 g/mol. The van der Waals surface area contributed by atoms with Crippen LogP contribution in [0.3, 0.4) is 0 Å². The SMILES string of the molecule is CN1CCCC/N=C(/N2CCc3ccccc3[C@H]2c2cccc(F)c2)OC1. The van der Waals surface area contributed by atoms with Crippen molar-refractivity contribution in [1.29, 1.82) is 0 Å². The molecule has 1 atom stereocenters. The van der Waals surface area contributed by atoms with Gasteiger partial charge in [-0.2, -0.15) is 0 Å². The van der Waals surface area contributed by atoms with Crippen LogP contribution in [0.1, 0.15) is 35.6 Å². The predicted octanol–water partition coefficient (Wildman–Crippen LogP) is 3.83. The Bertz CT molecular complexity index is 823. The van der Waals surface area contributed by atoms with E-state index < -0.39 is 0 Å².